The first kappa shape index (κ1) is 16.1. The minimum Gasteiger partial charge on any atom is -0.489 e. The molecule has 0 unspecified atom stereocenters. The molecule has 0 aromatic heterocycles. The van der Waals surface area contributed by atoms with Crippen LogP contribution in [0.1, 0.15) is 33.3 Å². The number of carboxylic acid groups (broad SMARTS) is 1. The zero-order chi connectivity index (χ0) is 15.8. The Bertz CT molecular complexity index is 564. The summed E-state index contributed by atoms with van der Waals surface area (Å²) in [6.07, 6.45) is 0.432. The number of halogens is 1. The summed E-state index contributed by atoms with van der Waals surface area (Å²) in [7, 11) is 0. The van der Waals surface area contributed by atoms with Crippen molar-refractivity contribution in [3.8, 4) is 11.5 Å². The van der Waals surface area contributed by atoms with Crippen LogP contribution in [0.2, 0.25) is 0 Å². The lowest BCUT2D eigenvalue weighted by Gasteiger charge is -2.20. The molecule has 116 valence electrons. The predicted octanol–water partition coefficient (Wildman–Crippen LogP) is 3.90. The van der Waals surface area contributed by atoms with Gasteiger partial charge in [0.1, 0.15) is 0 Å². The average Bonchev–Trinajstić information content (AvgIpc) is 2.48. The molecule has 0 radical (unpaired) electrons. The standard InChI is InChI=1S/C16H21BrO4/c1-15(2)8-20-12-6-10(7-16(3,4)14(18)19)5-11(17)13(12)21-9-15/h5-6H,7-9H2,1-4H3,(H,18,19). The van der Waals surface area contributed by atoms with E-state index in [0.717, 1.165) is 10.0 Å². The van der Waals surface area contributed by atoms with E-state index in [-0.39, 0.29) is 5.41 Å². The van der Waals surface area contributed by atoms with Crippen molar-refractivity contribution in [1.82, 2.24) is 0 Å². The first-order valence-corrected chi connectivity index (χ1v) is 7.71. The highest BCUT2D eigenvalue weighted by Crippen LogP contribution is 2.41. The molecule has 1 aromatic carbocycles. The zero-order valence-electron chi connectivity index (χ0n) is 12.8. The second-order valence-electron chi connectivity index (χ2n) is 7.01. The second kappa shape index (κ2) is 5.52. The van der Waals surface area contributed by atoms with Crippen LogP contribution < -0.4 is 9.47 Å². The summed E-state index contributed by atoms with van der Waals surface area (Å²) >= 11 is 3.50. The van der Waals surface area contributed by atoms with Gasteiger partial charge in [0.15, 0.2) is 11.5 Å². The molecule has 2 rings (SSSR count). The number of aliphatic carboxylic acids is 1. The highest BCUT2D eigenvalue weighted by atomic mass is 79.9. The van der Waals surface area contributed by atoms with Crippen LogP contribution in [0.4, 0.5) is 0 Å². The zero-order valence-corrected chi connectivity index (χ0v) is 14.4. The SMILES string of the molecule is CC1(C)COc2cc(CC(C)(C)C(=O)O)cc(Br)c2OC1. The topological polar surface area (TPSA) is 55.8 Å². The van der Waals surface area contributed by atoms with Crippen LogP contribution in [0.15, 0.2) is 16.6 Å². The molecule has 0 amide bonds. The molecule has 0 fully saturated rings. The van der Waals surface area contributed by atoms with Crippen molar-refractivity contribution < 1.29 is 19.4 Å². The van der Waals surface area contributed by atoms with E-state index < -0.39 is 11.4 Å². The van der Waals surface area contributed by atoms with Gasteiger partial charge in [0.05, 0.1) is 23.1 Å². The molecule has 0 spiro atoms. The van der Waals surface area contributed by atoms with E-state index in [1.807, 2.05) is 12.1 Å². The monoisotopic (exact) mass is 356 g/mol. The summed E-state index contributed by atoms with van der Waals surface area (Å²) < 4.78 is 12.5. The number of carboxylic acids is 1. The van der Waals surface area contributed by atoms with E-state index in [0.29, 0.717) is 31.1 Å². The summed E-state index contributed by atoms with van der Waals surface area (Å²) in [5, 5.41) is 9.26. The molecule has 0 atom stereocenters. The molecular formula is C16H21BrO4. The van der Waals surface area contributed by atoms with Crippen LogP contribution in [0.3, 0.4) is 0 Å². The molecule has 0 saturated heterocycles. The van der Waals surface area contributed by atoms with Crippen LogP contribution in [0.5, 0.6) is 11.5 Å². The van der Waals surface area contributed by atoms with Gasteiger partial charge in [-0.2, -0.15) is 0 Å². The molecule has 1 heterocycles. The molecule has 5 heteroatoms. The third kappa shape index (κ3) is 3.70. The van der Waals surface area contributed by atoms with Crippen molar-refractivity contribution in [3.05, 3.63) is 22.2 Å². The number of benzene rings is 1. The van der Waals surface area contributed by atoms with Crippen molar-refractivity contribution in [2.45, 2.75) is 34.1 Å². The molecule has 1 N–H and O–H groups in total. The smallest absolute Gasteiger partial charge is 0.309 e. The quantitative estimate of drug-likeness (QED) is 0.892. The fourth-order valence-electron chi connectivity index (χ4n) is 2.14. The maximum atomic E-state index is 11.3. The van der Waals surface area contributed by atoms with Gasteiger partial charge in [0.25, 0.3) is 0 Å². The van der Waals surface area contributed by atoms with Crippen LogP contribution in [-0.4, -0.2) is 24.3 Å². The minimum atomic E-state index is -0.821. The summed E-state index contributed by atoms with van der Waals surface area (Å²) in [4.78, 5) is 11.3. The van der Waals surface area contributed by atoms with E-state index in [9.17, 15) is 9.90 Å². The summed E-state index contributed by atoms with van der Waals surface area (Å²) in [5.74, 6) is 0.551. The van der Waals surface area contributed by atoms with E-state index in [1.54, 1.807) is 13.8 Å². The minimum absolute atomic E-state index is 0.0566. The first-order valence-electron chi connectivity index (χ1n) is 6.92. The lowest BCUT2D eigenvalue weighted by atomic mass is 9.86. The molecule has 1 aromatic rings. The van der Waals surface area contributed by atoms with Crippen molar-refractivity contribution in [2.75, 3.05) is 13.2 Å². The van der Waals surface area contributed by atoms with Crippen LogP contribution in [-0.2, 0) is 11.2 Å². The van der Waals surface area contributed by atoms with Gasteiger partial charge >= 0.3 is 5.97 Å². The van der Waals surface area contributed by atoms with Gasteiger partial charge in [-0.1, -0.05) is 13.8 Å². The Balaban J connectivity index is 2.32. The summed E-state index contributed by atoms with van der Waals surface area (Å²) in [6, 6.07) is 3.79. The van der Waals surface area contributed by atoms with E-state index in [1.165, 1.54) is 0 Å². The summed E-state index contributed by atoms with van der Waals surface area (Å²) in [5.41, 5.74) is 0.0358. The molecule has 1 aliphatic rings. The fraction of sp³-hybridized carbons (Fsp3) is 0.562. The third-order valence-corrected chi connectivity index (χ3v) is 4.11. The second-order valence-corrected chi connectivity index (χ2v) is 7.87. The average molecular weight is 357 g/mol. The number of fused-ring (bicyclic) bond motifs is 1. The Hall–Kier alpha value is -1.23. The normalized spacial score (nSPS) is 17.2. The predicted molar refractivity (Wildman–Crippen MR) is 84.0 cm³/mol. The molecule has 4 nitrogen and oxygen atoms in total. The van der Waals surface area contributed by atoms with E-state index >= 15 is 0 Å². The van der Waals surface area contributed by atoms with Crippen molar-refractivity contribution in [2.24, 2.45) is 10.8 Å². The number of hydrogen-bond acceptors (Lipinski definition) is 3. The lowest BCUT2D eigenvalue weighted by Crippen LogP contribution is -2.26. The molecule has 0 saturated carbocycles. The largest absolute Gasteiger partial charge is 0.489 e. The fourth-order valence-corrected chi connectivity index (χ4v) is 2.74. The number of hydrogen-bond donors (Lipinski definition) is 1. The maximum absolute atomic E-state index is 11.3. The van der Waals surface area contributed by atoms with Gasteiger partial charge in [-0.15, -0.1) is 0 Å². The first-order chi connectivity index (χ1) is 9.61. The van der Waals surface area contributed by atoms with Gasteiger partial charge in [-0.3, -0.25) is 4.79 Å². The molecule has 1 aliphatic heterocycles. The lowest BCUT2D eigenvalue weighted by molar-refractivity contribution is -0.146. The summed E-state index contributed by atoms with van der Waals surface area (Å²) in [6.45, 7) is 8.75. The van der Waals surface area contributed by atoms with Gasteiger partial charge < -0.3 is 14.6 Å². The Morgan fingerprint density at radius 3 is 2.57 bits per heavy atom. The van der Waals surface area contributed by atoms with Crippen molar-refractivity contribution in [1.29, 1.82) is 0 Å². The Kier molecular flexibility index (Phi) is 4.24. The van der Waals surface area contributed by atoms with Crippen LogP contribution in [0.25, 0.3) is 0 Å². The van der Waals surface area contributed by atoms with Crippen LogP contribution in [0, 0.1) is 10.8 Å². The maximum Gasteiger partial charge on any atom is 0.309 e. The van der Waals surface area contributed by atoms with Crippen LogP contribution >= 0.6 is 15.9 Å². The number of rotatable bonds is 3. The third-order valence-electron chi connectivity index (χ3n) is 3.52. The molecule has 21 heavy (non-hydrogen) atoms. The van der Waals surface area contributed by atoms with Gasteiger partial charge in [-0.25, -0.2) is 0 Å². The van der Waals surface area contributed by atoms with E-state index in [2.05, 4.69) is 29.8 Å². The highest BCUT2D eigenvalue weighted by Gasteiger charge is 2.30. The highest BCUT2D eigenvalue weighted by molar-refractivity contribution is 9.10. The Morgan fingerprint density at radius 1 is 1.33 bits per heavy atom. The number of carbonyl (C=O) groups is 1. The Labute approximate surface area is 133 Å². The van der Waals surface area contributed by atoms with Gasteiger partial charge in [0, 0.05) is 5.41 Å². The molecule has 0 bridgehead atoms. The number of ether oxygens (including phenoxy) is 2. The van der Waals surface area contributed by atoms with Crippen molar-refractivity contribution >= 4 is 21.9 Å². The van der Waals surface area contributed by atoms with E-state index in [4.69, 9.17) is 9.47 Å². The Morgan fingerprint density at radius 2 is 1.95 bits per heavy atom. The van der Waals surface area contributed by atoms with Gasteiger partial charge in [0.2, 0.25) is 0 Å². The van der Waals surface area contributed by atoms with Crippen molar-refractivity contribution in [3.63, 3.8) is 0 Å². The van der Waals surface area contributed by atoms with Gasteiger partial charge in [-0.05, 0) is 53.9 Å². The molecule has 0 aliphatic carbocycles. The molecular weight excluding hydrogens is 336 g/mol.